The van der Waals surface area contributed by atoms with Gasteiger partial charge in [0.05, 0.1) is 27.7 Å². The van der Waals surface area contributed by atoms with Gasteiger partial charge in [-0.1, -0.05) is 253 Å². The second kappa shape index (κ2) is 56.9. The Labute approximate surface area is 469 Å². The normalized spacial score (nSPS) is 13.8. The number of nitrogens with zero attached hydrogens (tertiary/aromatic N) is 1. The second-order valence-corrected chi connectivity index (χ2v) is 23.4. The van der Waals surface area contributed by atoms with Gasteiger partial charge in [0.25, 0.3) is 7.82 Å². The summed E-state index contributed by atoms with van der Waals surface area (Å²) in [5.74, 6) is -0.837. The van der Waals surface area contributed by atoms with Crippen LogP contribution in [0.3, 0.4) is 0 Å². The fraction of sp³-hybridized carbons (Fsp3) is 0.758. The lowest BCUT2D eigenvalue weighted by molar-refractivity contribution is -0.870. The first kappa shape index (κ1) is 73.2. The summed E-state index contributed by atoms with van der Waals surface area (Å²) in [6.07, 6.45) is 76.5. The molecule has 0 rings (SSSR count). The van der Waals surface area contributed by atoms with Crippen LogP contribution in [0.1, 0.15) is 271 Å². The van der Waals surface area contributed by atoms with Crippen LogP contribution in [0.15, 0.2) is 85.1 Å². The van der Waals surface area contributed by atoms with Crippen LogP contribution < -0.4 is 4.89 Å². The Hall–Kier alpha value is -2.81. The number of rotatable bonds is 57. The topological polar surface area (TPSA) is 111 Å². The van der Waals surface area contributed by atoms with Gasteiger partial charge in [0.2, 0.25) is 0 Å². The zero-order valence-electron chi connectivity index (χ0n) is 49.9. The fourth-order valence-electron chi connectivity index (χ4n) is 8.60. The molecule has 0 aliphatic carbocycles. The molecule has 0 saturated heterocycles. The van der Waals surface area contributed by atoms with Crippen LogP contribution in [0.25, 0.3) is 0 Å². The van der Waals surface area contributed by atoms with Crippen molar-refractivity contribution in [3.8, 4) is 0 Å². The summed E-state index contributed by atoms with van der Waals surface area (Å²) in [7, 11) is 1.16. The van der Waals surface area contributed by atoms with Crippen molar-refractivity contribution in [1.82, 2.24) is 0 Å². The zero-order chi connectivity index (χ0) is 55.6. The molecule has 0 fully saturated rings. The number of ether oxygens (including phenoxy) is 2. The number of hydrogen-bond acceptors (Lipinski definition) is 8. The minimum Gasteiger partial charge on any atom is -0.756 e. The highest BCUT2D eigenvalue weighted by molar-refractivity contribution is 7.45. The Morgan fingerprint density at radius 2 is 0.750 bits per heavy atom. The lowest BCUT2D eigenvalue weighted by Gasteiger charge is -2.28. The maximum Gasteiger partial charge on any atom is 0.306 e. The summed E-state index contributed by atoms with van der Waals surface area (Å²) in [6.45, 7) is 4.13. The van der Waals surface area contributed by atoms with Gasteiger partial charge in [-0.3, -0.25) is 14.2 Å². The van der Waals surface area contributed by atoms with Crippen molar-refractivity contribution in [3.05, 3.63) is 85.1 Å². The smallest absolute Gasteiger partial charge is 0.306 e. The molecule has 76 heavy (non-hydrogen) atoms. The second-order valence-electron chi connectivity index (χ2n) is 22.0. The Kier molecular flexibility index (Phi) is 54.8. The van der Waals surface area contributed by atoms with Gasteiger partial charge in [0, 0.05) is 12.8 Å². The van der Waals surface area contributed by atoms with Gasteiger partial charge in [-0.15, -0.1) is 0 Å². The molecule has 9 nitrogen and oxygen atoms in total. The first-order chi connectivity index (χ1) is 37.0. The Bertz CT molecular complexity index is 1560. The fourth-order valence-corrected chi connectivity index (χ4v) is 9.33. The molecule has 440 valence electrons. The van der Waals surface area contributed by atoms with Gasteiger partial charge in [0.1, 0.15) is 19.8 Å². The Morgan fingerprint density at radius 3 is 1.13 bits per heavy atom. The quantitative estimate of drug-likeness (QED) is 0.0195. The SMILES string of the molecule is CC/C=C\C/C=C\C/C=C\C/C=C\C/C=C\C/C=C\CCCCCCCCCCCCCCCCCCCCC(=O)OC(COC(=O)CCCCCCC/C=C\CCCCCCCC)COP(=O)([O-])OCC[N+](C)(C)C. The van der Waals surface area contributed by atoms with Crippen molar-refractivity contribution in [2.75, 3.05) is 47.5 Å². The van der Waals surface area contributed by atoms with Gasteiger partial charge in [0.15, 0.2) is 6.10 Å². The third-order valence-electron chi connectivity index (χ3n) is 13.4. The van der Waals surface area contributed by atoms with E-state index < -0.39 is 26.5 Å². The van der Waals surface area contributed by atoms with E-state index >= 15 is 0 Å². The molecule has 0 saturated carbocycles. The number of hydrogen-bond donors (Lipinski definition) is 0. The van der Waals surface area contributed by atoms with Crippen LogP contribution in [-0.2, 0) is 32.7 Å². The number of quaternary nitrogens is 1. The number of unbranched alkanes of at least 4 members (excludes halogenated alkanes) is 29. The van der Waals surface area contributed by atoms with Crippen LogP contribution in [0.5, 0.6) is 0 Å². The average molecular weight is 1080 g/mol. The van der Waals surface area contributed by atoms with Crippen LogP contribution in [0, 0.1) is 0 Å². The van der Waals surface area contributed by atoms with E-state index in [0.717, 1.165) is 96.3 Å². The molecule has 2 atom stereocenters. The van der Waals surface area contributed by atoms with E-state index in [9.17, 15) is 19.0 Å². The van der Waals surface area contributed by atoms with E-state index in [1.807, 2.05) is 21.1 Å². The average Bonchev–Trinajstić information content (AvgIpc) is 3.38. The Balaban J connectivity index is 4.00. The minimum absolute atomic E-state index is 0.0330. The highest BCUT2D eigenvalue weighted by Crippen LogP contribution is 2.38. The number of phosphoric ester groups is 1. The predicted octanol–water partition coefficient (Wildman–Crippen LogP) is 19.2. The number of allylic oxidation sites excluding steroid dienone is 14. The van der Waals surface area contributed by atoms with Crippen molar-refractivity contribution in [1.29, 1.82) is 0 Å². The molecule has 0 aliphatic rings. The summed E-state index contributed by atoms with van der Waals surface area (Å²) in [4.78, 5) is 37.9. The van der Waals surface area contributed by atoms with Crippen molar-refractivity contribution in [3.63, 3.8) is 0 Å². The van der Waals surface area contributed by atoms with Crippen molar-refractivity contribution in [2.45, 2.75) is 277 Å². The number of esters is 2. The molecule has 0 heterocycles. The van der Waals surface area contributed by atoms with Gasteiger partial charge >= 0.3 is 11.9 Å². The number of carbonyl (C=O) groups excluding carboxylic acids is 2. The van der Waals surface area contributed by atoms with Crippen molar-refractivity contribution < 1.29 is 42.1 Å². The summed E-state index contributed by atoms with van der Waals surface area (Å²) < 4.78 is 34.2. The largest absolute Gasteiger partial charge is 0.756 e. The summed E-state index contributed by atoms with van der Waals surface area (Å²) in [5.41, 5.74) is 0. The van der Waals surface area contributed by atoms with Gasteiger partial charge in [-0.2, -0.15) is 0 Å². The number of phosphoric acid groups is 1. The predicted molar refractivity (Wildman–Crippen MR) is 323 cm³/mol. The maximum atomic E-state index is 12.8. The third-order valence-corrected chi connectivity index (χ3v) is 14.4. The zero-order valence-corrected chi connectivity index (χ0v) is 50.8. The third kappa shape index (κ3) is 60.4. The van der Waals surface area contributed by atoms with E-state index in [2.05, 4.69) is 98.9 Å². The number of carbonyl (C=O) groups is 2. The first-order valence-corrected chi connectivity index (χ1v) is 32.8. The van der Waals surface area contributed by atoms with E-state index in [-0.39, 0.29) is 32.0 Å². The van der Waals surface area contributed by atoms with Crippen LogP contribution >= 0.6 is 7.82 Å². The van der Waals surface area contributed by atoms with Crippen LogP contribution in [0.4, 0.5) is 0 Å². The molecule has 0 aromatic rings. The monoisotopic (exact) mass is 1080 g/mol. The summed E-state index contributed by atoms with van der Waals surface area (Å²) in [6, 6.07) is 0. The van der Waals surface area contributed by atoms with E-state index in [4.69, 9.17) is 18.5 Å². The molecule has 0 radical (unpaired) electrons. The first-order valence-electron chi connectivity index (χ1n) is 31.3. The lowest BCUT2D eigenvalue weighted by Crippen LogP contribution is -2.37. The molecular weight excluding hydrogens is 966 g/mol. The lowest BCUT2D eigenvalue weighted by atomic mass is 10.0. The molecule has 2 unspecified atom stereocenters. The number of likely N-dealkylation sites (N-methyl/N-ethyl adjacent to an activating group) is 1. The van der Waals surface area contributed by atoms with E-state index in [1.165, 1.54) is 141 Å². The molecule has 10 heteroatoms. The Morgan fingerprint density at radius 1 is 0.421 bits per heavy atom. The van der Waals surface area contributed by atoms with Crippen molar-refractivity contribution in [2.24, 2.45) is 0 Å². The van der Waals surface area contributed by atoms with E-state index in [1.54, 1.807) is 0 Å². The molecule has 0 aromatic heterocycles. The minimum atomic E-state index is -4.64. The molecule has 0 aliphatic heterocycles. The molecule has 0 bridgehead atoms. The molecule has 0 N–H and O–H groups in total. The van der Waals surface area contributed by atoms with Crippen LogP contribution in [0.2, 0.25) is 0 Å². The molecule has 0 amide bonds. The maximum absolute atomic E-state index is 12.8. The summed E-state index contributed by atoms with van der Waals surface area (Å²) >= 11 is 0. The molecule has 0 spiro atoms. The van der Waals surface area contributed by atoms with Crippen LogP contribution in [-0.4, -0.2) is 70.0 Å². The highest BCUT2D eigenvalue weighted by Gasteiger charge is 2.22. The molecule has 0 aromatic carbocycles. The summed E-state index contributed by atoms with van der Waals surface area (Å²) in [5, 5.41) is 0. The van der Waals surface area contributed by atoms with Crippen molar-refractivity contribution >= 4 is 19.8 Å². The standard InChI is InChI=1S/C66H118NO8P/c1-6-8-10-12-14-16-18-20-22-23-24-25-26-27-28-29-30-31-32-33-34-35-36-37-38-39-40-41-42-43-45-47-49-51-53-55-57-59-66(69)75-64(63-74-76(70,71)73-61-60-67(3,4)5)62-72-65(68)58-56-54-52-50-48-46-44-21-19-17-15-13-11-9-7-2/h8,10,14,16,20-22,24-25,27-28,30-31,44,64H,6-7,9,11-13,15,17-19,23,26,29,32-43,45-63H2,1-5H3/b10-8-,16-14-,22-20-,25-24-,28-27-,31-30-,44-21-. The van der Waals surface area contributed by atoms with Gasteiger partial charge < -0.3 is 27.9 Å². The van der Waals surface area contributed by atoms with Gasteiger partial charge in [-0.05, 0) is 89.9 Å². The van der Waals surface area contributed by atoms with Gasteiger partial charge in [-0.25, -0.2) is 0 Å². The highest BCUT2D eigenvalue weighted by atomic mass is 31.2. The molecular formula is C66H118NO8P. The van der Waals surface area contributed by atoms with E-state index in [0.29, 0.717) is 17.4 Å².